The Labute approximate surface area is 101 Å². The second kappa shape index (κ2) is 3.81. The Kier molecular flexibility index (Phi) is 2.40. The molecular formula is C13H18N4. The van der Waals surface area contributed by atoms with Gasteiger partial charge >= 0.3 is 0 Å². The maximum atomic E-state index is 4.73. The fraction of sp³-hybridized carbons (Fsp3) is 0.538. The van der Waals surface area contributed by atoms with Gasteiger partial charge in [-0.1, -0.05) is 6.92 Å². The first-order chi connectivity index (χ1) is 8.27. The standard InChI is InChI=1S/C13H18N4/c1-3-13(7-5-9-15-13)12-16-11-10(17(12)2)6-4-8-14-11/h4,6,8,15H,3,5,7,9H2,1-2H3. The highest BCUT2D eigenvalue weighted by Gasteiger charge is 2.37. The van der Waals surface area contributed by atoms with Crippen LogP contribution in [0.1, 0.15) is 32.0 Å². The van der Waals surface area contributed by atoms with E-state index in [0.29, 0.717) is 0 Å². The molecule has 90 valence electrons. The summed E-state index contributed by atoms with van der Waals surface area (Å²) in [6.45, 7) is 3.32. The highest BCUT2D eigenvalue weighted by atomic mass is 15.2. The summed E-state index contributed by atoms with van der Waals surface area (Å²) in [5, 5.41) is 3.63. The lowest BCUT2D eigenvalue weighted by Gasteiger charge is -2.27. The molecule has 1 atom stereocenters. The predicted octanol–water partition coefficient (Wildman–Crippen LogP) is 1.96. The van der Waals surface area contributed by atoms with Crippen molar-refractivity contribution < 1.29 is 0 Å². The molecule has 2 aromatic heterocycles. The number of pyridine rings is 1. The lowest BCUT2D eigenvalue weighted by atomic mass is 9.93. The van der Waals surface area contributed by atoms with Crippen LogP contribution < -0.4 is 5.32 Å². The molecule has 0 aliphatic carbocycles. The van der Waals surface area contributed by atoms with Crippen LogP contribution >= 0.6 is 0 Å². The fourth-order valence-corrected chi connectivity index (χ4v) is 2.91. The van der Waals surface area contributed by atoms with Crippen LogP contribution in [-0.2, 0) is 12.6 Å². The highest BCUT2D eigenvalue weighted by molar-refractivity contribution is 5.71. The minimum Gasteiger partial charge on any atom is -0.328 e. The summed E-state index contributed by atoms with van der Waals surface area (Å²) in [5.74, 6) is 1.13. The van der Waals surface area contributed by atoms with Crippen molar-refractivity contribution in [3.63, 3.8) is 0 Å². The van der Waals surface area contributed by atoms with Crippen molar-refractivity contribution in [2.45, 2.75) is 31.7 Å². The van der Waals surface area contributed by atoms with Gasteiger partial charge in [0.05, 0.1) is 11.1 Å². The van der Waals surface area contributed by atoms with E-state index in [-0.39, 0.29) is 5.54 Å². The van der Waals surface area contributed by atoms with Crippen molar-refractivity contribution in [1.29, 1.82) is 0 Å². The minimum absolute atomic E-state index is 0.0510. The van der Waals surface area contributed by atoms with E-state index < -0.39 is 0 Å². The molecule has 1 saturated heterocycles. The Morgan fingerprint density at radius 1 is 1.53 bits per heavy atom. The molecule has 0 saturated carbocycles. The number of nitrogens with zero attached hydrogens (tertiary/aromatic N) is 3. The smallest absolute Gasteiger partial charge is 0.177 e. The largest absolute Gasteiger partial charge is 0.328 e. The van der Waals surface area contributed by atoms with Gasteiger partial charge in [-0.15, -0.1) is 0 Å². The zero-order chi connectivity index (χ0) is 11.9. The molecule has 1 fully saturated rings. The van der Waals surface area contributed by atoms with Gasteiger partial charge in [-0.25, -0.2) is 9.97 Å². The molecular weight excluding hydrogens is 212 g/mol. The number of aromatic nitrogens is 3. The van der Waals surface area contributed by atoms with Crippen LogP contribution in [0.4, 0.5) is 0 Å². The fourth-order valence-electron chi connectivity index (χ4n) is 2.91. The highest BCUT2D eigenvalue weighted by Crippen LogP contribution is 2.34. The van der Waals surface area contributed by atoms with Crippen LogP contribution in [0.5, 0.6) is 0 Å². The van der Waals surface area contributed by atoms with Gasteiger partial charge in [-0.3, -0.25) is 0 Å². The molecule has 0 spiro atoms. The van der Waals surface area contributed by atoms with Gasteiger partial charge < -0.3 is 9.88 Å². The maximum absolute atomic E-state index is 4.73. The number of nitrogens with one attached hydrogen (secondary N) is 1. The maximum Gasteiger partial charge on any atom is 0.177 e. The number of imidazole rings is 1. The first-order valence-corrected chi connectivity index (χ1v) is 6.30. The summed E-state index contributed by atoms with van der Waals surface area (Å²) in [6.07, 6.45) is 5.27. The lowest BCUT2D eigenvalue weighted by molar-refractivity contribution is 0.345. The van der Waals surface area contributed by atoms with Gasteiger partial charge in [0, 0.05) is 13.2 Å². The van der Waals surface area contributed by atoms with E-state index in [4.69, 9.17) is 4.98 Å². The van der Waals surface area contributed by atoms with E-state index in [0.717, 1.165) is 30.0 Å². The summed E-state index contributed by atoms with van der Waals surface area (Å²) < 4.78 is 2.18. The first-order valence-electron chi connectivity index (χ1n) is 6.30. The molecule has 3 heterocycles. The van der Waals surface area contributed by atoms with Crippen molar-refractivity contribution in [1.82, 2.24) is 19.9 Å². The summed E-state index contributed by atoms with van der Waals surface area (Å²) >= 11 is 0. The average molecular weight is 230 g/mol. The summed E-state index contributed by atoms with van der Waals surface area (Å²) in [7, 11) is 2.09. The van der Waals surface area contributed by atoms with Crippen LogP contribution in [0, 0.1) is 0 Å². The summed E-state index contributed by atoms with van der Waals surface area (Å²) in [6, 6.07) is 4.05. The SMILES string of the molecule is CCC1(c2nc3ncccc3n2C)CCCN1. The van der Waals surface area contributed by atoms with Crippen molar-refractivity contribution in [2.24, 2.45) is 7.05 Å². The molecule has 0 bridgehead atoms. The molecule has 0 amide bonds. The van der Waals surface area contributed by atoms with Crippen molar-refractivity contribution in [3.05, 3.63) is 24.2 Å². The Balaban J connectivity index is 2.19. The quantitative estimate of drug-likeness (QED) is 0.857. The molecule has 1 aliphatic rings. The van der Waals surface area contributed by atoms with Gasteiger partial charge in [0.15, 0.2) is 5.65 Å². The Morgan fingerprint density at radius 2 is 2.41 bits per heavy atom. The third kappa shape index (κ3) is 1.47. The van der Waals surface area contributed by atoms with Gasteiger partial charge in [0.1, 0.15) is 5.82 Å². The molecule has 3 rings (SSSR count). The molecule has 4 nitrogen and oxygen atoms in total. The zero-order valence-electron chi connectivity index (χ0n) is 10.4. The van der Waals surface area contributed by atoms with Gasteiger partial charge in [0.25, 0.3) is 0 Å². The molecule has 17 heavy (non-hydrogen) atoms. The van der Waals surface area contributed by atoms with E-state index in [1.54, 1.807) is 6.20 Å². The number of hydrogen-bond donors (Lipinski definition) is 1. The molecule has 1 N–H and O–H groups in total. The van der Waals surface area contributed by atoms with Crippen molar-refractivity contribution in [2.75, 3.05) is 6.54 Å². The number of hydrogen-bond acceptors (Lipinski definition) is 3. The molecule has 0 aromatic carbocycles. The lowest BCUT2D eigenvalue weighted by Crippen LogP contribution is -2.38. The Hall–Kier alpha value is -1.42. The third-order valence-corrected chi connectivity index (χ3v) is 3.93. The van der Waals surface area contributed by atoms with Crippen molar-refractivity contribution in [3.8, 4) is 0 Å². The topological polar surface area (TPSA) is 42.7 Å². The first kappa shape index (κ1) is 10.7. The number of rotatable bonds is 2. The summed E-state index contributed by atoms with van der Waals surface area (Å²) in [4.78, 5) is 9.07. The van der Waals surface area contributed by atoms with Crippen LogP contribution in [0.15, 0.2) is 18.3 Å². The molecule has 1 unspecified atom stereocenters. The van der Waals surface area contributed by atoms with E-state index in [9.17, 15) is 0 Å². The van der Waals surface area contributed by atoms with Gasteiger partial charge in [-0.05, 0) is 37.9 Å². The van der Waals surface area contributed by atoms with Gasteiger partial charge in [0.2, 0.25) is 0 Å². The monoisotopic (exact) mass is 230 g/mol. The minimum atomic E-state index is 0.0510. The van der Waals surface area contributed by atoms with Crippen LogP contribution in [0.3, 0.4) is 0 Å². The summed E-state index contributed by atoms with van der Waals surface area (Å²) in [5.41, 5.74) is 2.02. The number of aryl methyl sites for hydroxylation is 1. The van der Waals surface area contributed by atoms with Crippen molar-refractivity contribution >= 4 is 11.2 Å². The van der Waals surface area contributed by atoms with E-state index in [1.807, 2.05) is 6.07 Å². The van der Waals surface area contributed by atoms with Crippen LogP contribution in [0.25, 0.3) is 11.2 Å². The molecule has 1 aliphatic heterocycles. The van der Waals surface area contributed by atoms with Crippen LogP contribution in [0.2, 0.25) is 0 Å². The average Bonchev–Trinajstić information content (AvgIpc) is 2.96. The molecule has 0 radical (unpaired) electrons. The van der Waals surface area contributed by atoms with Crippen LogP contribution in [-0.4, -0.2) is 21.1 Å². The normalized spacial score (nSPS) is 24.6. The van der Waals surface area contributed by atoms with Gasteiger partial charge in [-0.2, -0.15) is 0 Å². The Morgan fingerprint density at radius 3 is 3.06 bits per heavy atom. The number of fused-ring (bicyclic) bond motifs is 1. The predicted molar refractivity (Wildman–Crippen MR) is 67.7 cm³/mol. The third-order valence-electron chi connectivity index (χ3n) is 3.93. The second-order valence-electron chi connectivity index (χ2n) is 4.81. The van der Waals surface area contributed by atoms with E-state index in [2.05, 4.69) is 34.9 Å². The molecule has 4 heteroatoms. The molecule has 2 aromatic rings. The van der Waals surface area contributed by atoms with E-state index >= 15 is 0 Å². The Bertz CT molecular complexity index is 537. The second-order valence-corrected chi connectivity index (χ2v) is 4.81. The zero-order valence-corrected chi connectivity index (χ0v) is 10.4. The van der Waals surface area contributed by atoms with E-state index in [1.165, 1.54) is 12.8 Å².